The van der Waals surface area contributed by atoms with Crippen LogP contribution in [-0.2, 0) is 11.2 Å². The number of hydrogen-bond donors (Lipinski definition) is 1. The Morgan fingerprint density at radius 1 is 0.889 bits per heavy atom. The molecule has 6 heteroatoms. The summed E-state index contributed by atoms with van der Waals surface area (Å²) in [5.41, 5.74) is 0.505. The molecule has 0 bridgehead atoms. The Morgan fingerprint density at radius 3 is 2.33 bits per heavy atom. The first kappa shape index (κ1) is 18.3. The molecule has 0 aromatic heterocycles. The van der Waals surface area contributed by atoms with Gasteiger partial charge in [-0.1, -0.05) is 48.0 Å². The highest BCUT2D eigenvalue weighted by atomic mass is 32.2. The van der Waals surface area contributed by atoms with Gasteiger partial charge < -0.3 is 9.87 Å². The number of nitrogens with one attached hydrogen (secondary N) is 1. The average Bonchev–Trinajstić information content (AvgIpc) is 2.84. The van der Waals surface area contributed by atoms with Crippen LogP contribution in [0.15, 0.2) is 52.9 Å². The van der Waals surface area contributed by atoms with Crippen molar-refractivity contribution in [1.29, 1.82) is 0 Å². The van der Waals surface area contributed by atoms with Crippen molar-refractivity contribution >= 4 is 28.9 Å². The summed E-state index contributed by atoms with van der Waals surface area (Å²) in [6.45, 7) is 1.69. The normalized spacial score (nSPS) is 17.9. The van der Waals surface area contributed by atoms with Gasteiger partial charge in [-0.2, -0.15) is 0 Å². The van der Waals surface area contributed by atoms with Gasteiger partial charge in [-0.15, -0.1) is 13.2 Å². The molecular formula is C21H18F3NOS. The molecule has 1 aliphatic heterocycles. The summed E-state index contributed by atoms with van der Waals surface area (Å²) in [6, 6.07) is 12.5. The summed E-state index contributed by atoms with van der Waals surface area (Å²) in [5.74, 6) is 0. The number of rotatable bonds is 1. The van der Waals surface area contributed by atoms with E-state index in [1.54, 1.807) is 12.1 Å². The van der Waals surface area contributed by atoms with Gasteiger partial charge in [0.2, 0.25) is 0 Å². The highest BCUT2D eigenvalue weighted by Gasteiger charge is 2.47. The van der Waals surface area contributed by atoms with Crippen LogP contribution in [0.5, 0.6) is 0 Å². The molecule has 2 aromatic carbocycles. The summed E-state index contributed by atoms with van der Waals surface area (Å²) in [7, 11) is 0. The average molecular weight is 389 g/mol. The van der Waals surface area contributed by atoms with E-state index in [0.717, 1.165) is 48.2 Å². The van der Waals surface area contributed by atoms with Crippen molar-refractivity contribution < 1.29 is 17.7 Å². The van der Waals surface area contributed by atoms with Crippen LogP contribution in [-0.4, -0.2) is 23.2 Å². The van der Waals surface area contributed by atoms with Crippen LogP contribution in [0.4, 0.5) is 13.2 Å². The molecule has 0 unspecified atom stereocenters. The summed E-state index contributed by atoms with van der Waals surface area (Å²) >= 11 is -3.07. The number of fused-ring (bicyclic) bond motifs is 2. The number of hydrogen-bond acceptors (Lipinski definition) is 2. The number of benzene rings is 2. The van der Waals surface area contributed by atoms with Crippen LogP contribution >= 0.6 is 0 Å². The minimum absolute atomic E-state index is 0.184. The van der Waals surface area contributed by atoms with Gasteiger partial charge in [-0.3, -0.25) is 0 Å². The van der Waals surface area contributed by atoms with E-state index in [2.05, 4.69) is 5.32 Å². The zero-order chi connectivity index (χ0) is 19.0. The third kappa shape index (κ3) is 3.45. The molecule has 0 radical (unpaired) electrons. The van der Waals surface area contributed by atoms with Gasteiger partial charge in [0.25, 0.3) is 0 Å². The number of halogens is 3. The second-order valence-corrected chi connectivity index (χ2v) is 8.02. The van der Waals surface area contributed by atoms with E-state index >= 15 is 0 Å². The van der Waals surface area contributed by atoms with Gasteiger partial charge in [0.15, 0.2) is 4.90 Å². The van der Waals surface area contributed by atoms with Crippen molar-refractivity contribution in [3.05, 3.63) is 70.3 Å². The van der Waals surface area contributed by atoms with Crippen LogP contribution in [0.2, 0.25) is 0 Å². The molecule has 1 fully saturated rings. The smallest absolute Gasteiger partial charge is 0.578 e. The predicted molar refractivity (Wildman–Crippen MR) is 102 cm³/mol. The maximum absolute atomic E-state index is 13.2. The van der Waals surface area contributed by atoms with Gasteiger partial charge in [0.05, 0.1) is 11.2 Å². The van der Waals surface area contributed by atoms with Crippen LogP contribution in [0, 0.1) is 0 Å². The molecule has 2 aliphatic rings. The first-order valence-electron chi connectivity index (χ1n) is 8.79. The van der Waals surface area contributed by atoms with E-state index in [-0.39, 0.29) is 4.90 Å². The Hall–Kier alpha value is -2.02. The Kier molecular flexibility index (Phi) is 4.88. The lowest BCUT2D eigenvalue weighted by atomic mass is 9.86. The number of alkyl halides is 3. The second kappa shape index (κ2) is 7.19. The molecule has 2 aromatic rings. The largest absolute Gasteiger partial charge is 0.604 e. The van der Waals surface area contributed by atoms with Crippen molar-refractivity contribution in [2.75, 3.05) is 13.1 Å². The summed E-state index contributed by atoms with van der Waals surface area (Å²) in [6.07, 6.45) is 5.17. The van der Waals surface area contributed by atoms with Crippen molar-refractivity contribution in [3.63, 3.8) is 0 Å². The molecule has 1 heterocycles. The Bertz CT molecular complexity index is 925. The maximum atomic E-state index is 13.2. The quantitative estimate of drug-likeness (QED) is 0.596. The summed E-state index contributed by atoms with van der Waals surface area (Å²) < 4.78 is 51.7. The molecule has 1 saturated heterocycles. The highest BCUT2D eigenvalue weighted by Crippen LogP contribution is 2.42. The Labute approximate surface area is 159 Å². The molecular weight excluding hydrogens is 371 g/mol. The SMILES string of the molecule is [O-][S@+](c1cccc2c1C=Cc1ccccc1C2=C1CCNCC1)C(F)(F)F. The fraction of sp³-hybridized carbons (Fsp3) is 0.238. The highest BCUT2D eigenvalue weighted by molar-refractivity contribution is 7.92. The van der Waals surface area contributed by atoms with Crippen molar-refractivity contribution in [3.8, 4) is 0 Å². The molecule has 0 spiro atoms. The molecule has 0 saturated carbocycles. The van der Waals surface area contributed by atoms with E-state index in [1.165, 1.54) is 11.6 Å². The Balaban J connectivity index is 1.99. The summed E-state index contributed by atoms with van der Waals surface area (Å²) in [5, 5.41) is 3.32. The van der Waals surface area contributed by atoms with Crippen LogP contribution < -0.4 is 5.32 Å². The van der Waals surface area contributed by atoms with E-state index < -0.39 is 16.7 Å². The summed E-state index contributed by atoms with van der Waals surface area (Å²) in [4.78, 5) is -0.184. The van der Waals surface area contributed by atoms with Crippen molar-refractivity contribution in [1.82, 2.24) is 5.32 Å². The van der Waals surface area contributed by atoms with Crippen molar-refractivity contribution in [2.24, 2.45) is 0 Å². The zero-order valence-electron chi connectivity index (χ0n) is 14.5. The number of piperidine rings is 1. The third-order valence-corrected chi connectivity index (χ3v) is 6.14. The maximum Gasteiger partial charge on any atom is 0.578 e. The molecule has 1 N–H and O–H groups in total. The second-order valence-electron chi connectivity index (χ2n) is 6.58. The third-order valence-electron chi connectivity index (χ3n) is 4.97. The van der Waals surface area contributed by atoms with E-state index in [4.69, 9.17) is 0 Å². The zero-order valence-corrected chi connectivity index (χ0v) is 15.3. The van der Waals surface area contributed by atoms with E-state index in [1.807, 2.05) is 36.4 Å². The van der Waals surface area contributed by atoms with Gasteiger partial charge >= 0.3 is 5.51 Å². The minimum atomic E-state index is -4.79. The predicted octanol–water partition coefficient (Wildman–Crippen LogP) is 4.98. The lowest BCUT2D eigenvalue weighted by Crippen LogP contribution is -2.25. The minimum Gasteiger partial charge on any atom is -0.604 e. The molecule has 4 rings (SSSR count). The van der Waals surface area contributed by atoms with Crippen molar-refractivity contribution in [2.45, 2.75) is 23.2 Å². The van der Waals surface area contributed by atoms with E-state index in [9.17, 15) is 17.7 Å². The molecule has 1 aliphatic carbocycles. The van der Waals surface area contributed by atoms with Gasteiger partial charge in [-0.05, 0) is 60.3 Å². The first-order chi connectivity index (χ1) is 13.0. The van der Waals surface area contributed by atoms with Crippen LogP contribution in [0.1, 0.15) is 35.1 Å². The molecule has 0 amide bonds. The monoisotopic (exact) mass is 389 g/mol. The lowest BCUT2D eigenvalue weighted by molar-refractivity contribution is -0.0435. The van der Waals surface area contributed by atoms with Crippen LogP contribution in [0.25, 0.3) is 17.7 Å². The van der Waals surface area contributed by atoms with Crippen LogP contribution in [0.3, 0.4) is 0 Å². The first-order valence-corrected chi connectivity index (χ1v) is 9.94. The van der Waals surface area contributed by atoms with E-state index in [0.29, 0.717) is 5.56 Å². The fourth-order valence-electron chi connectivity index (χ4n) is 3.77. The van der Waals surface area contributed by atoms with Gasteiger partial charge in [-0.25, -0.2) is 0 Å². The standard InChI is InChI=1S/C21H18F3NOS/c22-21(23,24)27(26)19-7-3-6-18-17(19)9-8-14-4-1-2-5-16(14)20(18)15-10-12-25-13-11-15/h1-9,25H,10-13H2/t27-/m1/s1. The molecule has 140 valence electrons. The van der Waals surface area contributed by atoms with Gasteiger partial charge in [0, 0.05) is 5.56 Å². The Morgan fingerprint density at radius 2 is 1.59 bits per heavy atom. The topological polar surface area (TPSA) is 35.1 Å². The van der Waals surface area contributed by atoms with Gasteiger partial charge in [0.1, 0.15) is 0 Å². The fourth-order valence-corrected chi connectivity index (χ4v) is 4.60. The molecule has 27 heavy (non-hydrogen) atoms. The molecule has 2 nitrogen and oxygen atoms in total. The lowest BCUT2D eigenvalue weighted by Gasteiger charge is -2.23. The molecule has 1 atom stereocenters.